The van der Waals surface area contributed by atoms with E-state index < -0.39 is 0 Å². The molecule has 6 heteroatoms. The first-order valence-electron chi connectivity index (χ1n) is 8.36. The smallest absolute Gasteiger partial charge is 0.272 e. The molecule has 0 bridgehead atoms. The molecule has 0 fully saturated rings. The van der Waals surface area contributed by atoms with Crippen LogP contribution in [0, 0.1) is 0 Å². The topological polar surface area (TPSA) is 79.0 Å². The van der Waals surface area contributed by atoms with Crippen molar-refractivity contribution in [1.82, 2.24) is 20.8 Å². The van der Waals surface area contributed by atoms with Crippen molar-refractivity contribution in [3.63, 3.8) is 0 Å². The first kappa shape index (κ1) is 15.7. The van der Waals surface area contributed by atoms with Crippen LogP contribution in [-0.2, 0) is 19.5 Å². The molecule has 0 atom stereocenters. The SMILES string of the molecule is COc1ccc2cc(CNC(=O)c3n[nH]c4c3CNCC4)ccc2c1. The number of nitrogens with zero attached hydrogens (tertiary/aromatic N) is 1. The number of aromatic amines is 1. The Hall–Kier alpha value is -2.86. The van der Waals surface area contributed by atoms with Gasteiger partial charge in [-0.1, -0.05) is 18.2 Å². The molecule has 128 valence electrons. The molecule has 3 N–H and O–H groups in total. The molecular formula is C19H20N4O2. The highest BCUT2D eigenvalue weighted by Crippen LogP contribution is 2.22. The van der Waals surface area contributed by atoms with Gasteiger partial charge in [-0.3, -0.25) is 9.89 Å². The van der Waals surface area contributed by atoms with Crippen LogP contribution in [0.2, 0.25) is 0 Å². The van der Waals surface area contributed by atoms with Crippen LogP contribution in [-0.4, -0.2) is 29.8 Å². The van der Waals surface area contributed by atoms with Crippen molar-refractivity contribution < 1.29 is 9.53 Å². The van der Waals surface area contributed by atoms with Gasteiger partial charge < -0.3 is 15.4 Å². The number of nitrogens with one attached hydrogen (secondary N) is 3. The summed E-state index contributed by atoms with van der Waals surface area (Å²) < 4.78 is 5.25. The Morgan fingerprint density at radius 3 is 2.96 bits per heavy atom. The van der Waals surface area contributed by atoms with Gasteiger partial charge in [0.05, 0.1) is 7.11 Å². The second-order valence-corrected chi connectivity index (χ2v) is 6.19. The maximum Gasteiger partial charge on any atom is 0.272 e. The summed E-state index contributed by atoms with van der Waals surface area (Å²) in [6, 6.07) is 12.1. The lowest BCUT2D eigenvalue weighted by atomic mass is 10.1. The molecule has 3 aromatic rings. The van der Waals surface area contributed by atoms with Gasteiger partial charge in [0.2, 0.25) is 0 Å². The zero-order valence-electron chi connectivity index (χ0n) is 14.1. The van der Waals surface area contributed by atoms with E-state index in [1.54, 1.807) is 7.11 Å². The quantitative estimate of drug-likeness (QED) is 0.682. The lowest BCUT2D eigenvalue weighted by molar-refractivity contribution is 0.0944. The van der Waals surface area contributed by atoms with E-state index >= 15 is 0 Å². The molecule has 2 heterocycles. The fourth-order valence-corrected chi connectivity index (χ4v) is 3.19. The highest BCUT2D eigenvalue weighted by molar-refractivity contribution is 5.94. The molecule has 0 radical (unpaired) electrons. The fraction of sp³-hybridized carbons (Fsp3) is 0.263. The number of fused-ring (bicyclic) bond motifs is 2. The van der Waals surface area contributed by atoms with E-state index in [9.17, 15) is 4.79 Å². The zero-order chi connectivity index (χ0) is 17.2. The second kappa shape index (κ2) is 6.57. The van der Waals surface area contributed by atoms with E-state index in [4.69, 9.17) is 4.74 Å². The van der Waals surface area contributed by atoms with E-state index in [0.29, 0.717) is 18.8 Å². The molecule has 1 amide bonds. The highest BCUT2D eigenvalue weighted by atomic mass is 16.5. The minimum atomic E-state index is -0.143. The van der Waals surface area contributed by atoms with E-state index in [0.717, 1.165) is 46.3 Å². The second-order valence-electron chi connectivity index (χ2n) is 6.19. The monoisotopic (exact) mass is 336 g/mol. The predicted octanol–water partition coefficient (Wildman–Crippen LogP) is 2.15. The molecule has 4 rings (SSSR count). The van der Waals surface area contributed by atoms with Crippen LogP contribution >= 0.6 is 0 Å². The average Bonchev–Trinajstić information content (AvgIpc) is 3.09. The van der Waals surface area contributed by atoms with Gasteiger partial charge in [-0.15, -0.1) is 0 Å². The molecule has 25 heavy (non-hydrogen) atoms. The molecule has 0 saturated heterocycles. The maximum absolute atomic E-state index is 12.5. The number of benzene rings is 2. The molecule has 0 saturated carbocycles. The number of ether oxygens (including phenoxy) is 1. The van der Waals surface area contributed by atoms with Crippen molar-refractivity contribution in [3.8, 4) is 5.75 Å². The van der Waals surface area contributed by atoms with E-state index in [2.05, 4.69) is 26.9 Å². The summed E-state index contributed by atoms with van der Waals surface area (Å²) in [5, 5.41) is 15.6. The third-order valence-corrected chi connectivity index (χ3v) is 4.59. The number of methoxy groups -OCH3 is 1. The third-order valence-electron chi connectivity index (χ3n) is 4.59. The van der Waals surface area contributed by atoms with Crippen molar-refractivity contribution in [3.05, 3.63) is 58.9 Å². The van der Waals surface area contributed by atoms with E-state index in [1.165, 1.54) is 0 Å². The molecule has 0 spiro atoms. The summed E-state index contributed by atoms with van der Waals surface area (Å²) >= 11 is 0. The standard InChI is InChI=1S/C19H20N4O2/c1-25-15-5-4-13-8-12(2-3-14(13)9-15)10-21-19(24)18-16-11-20-7-6-17(16)22-23-18/h2-5,8-9,20H,6-7,10-11H2,1H3,(H,21,24)(H,22,23). The van der Waals surface area contributed by atoms with Crippen LogP contribution < -0.4 is 15.4 Å². The van der Waals surface area contributed by atoms with Crippen molar-refractivity contribution in [1.29, 1.82) is 0 Å². The van der Waals surface area contributed by atoms with Gasteiger partial charge in [-0.05, 0) is 34.5 Å². The van der Waals surface area contributed by atoms with Gasteiger partial charge in [0.15, 0.2) is 5.69 Å². The van der Waals surface area contributed by atoms with Crippen LogP contribution in [0.25, 0.3) is 10.8 Å². The van der Waals surface area contributed by atoms with Crippen LogP contribution in [0.15, 0.2) is 36.4 Å². The Kier molecular flexibility index (Phi) is 4.11. The van der Waals surface area contributed by atoms with Crippen LogP contribution in [0.4, 0.5) is 0 Å². The summed E-state index contributed by atoms with van der Waals surface area (Å²) in [4.78, 5) is 12.5. The number of carbonyl (C=O) groups excluding carboxylic acids is 1. The molecular weight excluding hydrogens is 316 g/mol. The van der Waals surface area contributed by atoms with Gasteiger partial charge in [0, 0.05) is 37.3 Å². The summed E-state index contributed by atoms with van der Waals surface area (Å²) in [7, 11) is 1.66. The van der Waals surface area contributed by atoms with Crippen molar-refractivity contribution in [2.24, 2.45) is 0 Å². The lowest BCUT2D eigenvalue weighted by Crippen LogP contribution is -2.28. The molecule has 2 aromatic carbocycles. The minimum absolute atomic E-state index is 0.143. The first-order valence-corrected chi connectivity index (χ1v) is 8.36. The van der Waals surface area contributed by atoms with Crippen molar-refractivity contribution in [2.75, 3.05) is 13.7 Å². The van der Waals surface area contributed by atoms with Crippen LogP contribution in [0.5, 0.6) is 5.75 Å². The number of amides is 1. The van der Waals surface area contributed by atoms with Gasteiger partial charge in [0.1, 0.15) is 5.75 Å². The Morgan fingerprint density at radius 1 is 1.24 bits per heavy atom. The average molecular weight is 336 g/mol. The number of hydrogen-bond donors (Lipinski definition) is 3. The van der Waals surface area contributed by atoms with Gasteiger partial charge >= 0.3 is 0 Å². The number of aromatic nitrogens is 2. The van der Waals surface area contributed by atoms with Gasteiger partial charge in [-0.25, -0.2) is 0 Å². The van der Waals surface area contributed by atoms with Gasteiger partial charge in [-0.2, -0.15) is 5.10 Å². The highest BCUT2D eigenvalue weighted by Gasteiger charge is 2.21. The minimum Gasteiger partial charge on any atom is -0.497 e. The van der Waals surface area contributed by atoms with E-state index in [1.807, 2.05) is 30.3 Å². The predicted molar refractivity (Wildman–Crippen MR) is 95.7 cm³/mol. The lowest BCUT2D eigenvalue weighted by Gasteiger charge is -2.13. The normalized spacial score (nSPS) is 13.5. The molecule has 1 aliphatic heterocycles. The summed E-state index contributed by atoms with van der Waals surface area (Å²) in [6.45, 7) is 2.07. The van der Waals surface area contributed by atoms with Crippen LogP contribution in [0.3, 0.4) is 0 Å². The molecule has 1 aliphatic rings. The fourth-order valence-electron chi connectivity index (χ4n) is 3.19. The largest absolute Gasteiger partial charge is 0.497 e. The molecule has 0 unspecified atom stereocenters. The van der Waals surface area contributed by atoms with Gasteiger partial charge in [0.25, 0.3) is 5.91 Å². The van der Waals surface area contributed by atoms with E-state index in [-0.39, 0.29) is 5.91 Å². The zero-order valence-corrected chi connectivity index (χ0v) is 14.1. The first-order chi connectivity index (χ1) is 12.2. The number of hydrogen-bond acceptors (Lipinski definition) is 4. The Bertz CT molecular complexity index is 932. The molecule has 0 aliphatic carbocycles. The Balaban J connectivity index is 1.48. The Morgan fingerprint density at radius 2 is 2.08 bits per heavy atom. The third kappa shape index (κ3) is 3.08. The number of H-pyrrole nitrogens is 1. The van der Waals surface area contributed by atoms with Crippen LogP contribution in [0.1, 0.15) is 27.3 Å². The van der Waals surface area contributed by atoms with Crippen molar-refractivity contribution in [2.45, 2.75) is 19.5 Å². The summed E-state index contributed by atoms with van der Waals surface area (Å²) in [6.07, 6.45) is 0.879. The maximum atomic E-state index is 12.5. The number of rotatable bonds is 4. The summed E-state index contributed by atoms with van der Waals surface area (Å²) in [5.74, 6) is 0.696. The van der Waals surface area contributed by atoms with Crippen molar-refractivity contribution >= 4 is 16.7 Å². The molecule has 6 nitrogen and oxygen atoms in total. The summed E-state index contributed by atoms with van der Waals surface area (Å²) in [5.41, 5.74) is 3.58. The molecule has 1 aromatic heterocycles. The Labute approximate surface area is 145 Å². The number of carbonyl (C=O) groups is 1.